The number of nitrogen functional groups attached to an aromatic ring is 1. The van der Waals surface area contributed by atoms with E-state index in [1.165, 1.54) is 11.3 Å². The van der Waals surface area contributed by atoms with E-state index >= 15 is 0 Å². The summed E-state index contributed by atoms with van der Waals surface area (Å²) in [7, 11) is 1.61. The van der Waals surface area contributed by atoms with Crippen LogP contribution >= 0.6 is 11.3 Å². The Labute approximate surface area is 117 Å². The summed E-state index contributed by atoms with van der Waals surface area (Å²) in [5.41, 5.74) is 6.42. The number of thiophene rings is 1. The number of aliphatic hydroxyl groups is 1. The number of hydrogen-bond donors (Lipinski definition) is 3. The average Bonchev–Trinajstić information content (AvgIpc) is 2.80. The van der Waals surface area contributed by atoms with Gasteiger partial charge in [0.2, 0.25) is 0 Å². The maximum atomic E-state index is 11.6. The molecule has 1 aromatic heterocycles. The molecule has 1 aliphatic heterocycles. The molecule has 0 aliphatic carbocycles. The number of carbonyl (C=O) groups is 1. The van der Waals surface area contributed by atoms with Crippen molar-refractivity contribution in [2.45, 2.75) is 25.9 Å². The van der Waals surface area contributed by atoms with Crippen LogP contribution in [0.2, 0.25) is 0 Å². The third-order valence-electron chi connectivity index (χ3n) is 3.71. The minimum absolute atomic E-state index is 0.132. The number of nitrogens with zero attached hydrogens (tertiary/aromatic N) is 1. The molecule has 0 saturated carbocycles. The molecule has 4 N–H and O–H groups in total. The molecule has 1 fully saturated rings. The van der Waals surface area contributed by atoms with Gasteiger partial charge in [-0.1, -0.05) is 0 Å². The fraction of sp³-hybridized carbons (Fsp3) is 0.615. The molecule has 1 aliphatic rings. The van der Waals surface area contributed by atoms with Crippen LogP contribution in [-0.4, -0.2) is 37.3 Å². The smallest absolute Gasteiger partial charge is 0.263 e. The van der Waals surface area contributed by atoms with E-state index in [1.807, 2.05) is 13.0 Å². The minimum Gasteiger partial charge on any atom is -0.397 e. The topological polar surface area (TPSA) is 78.6 Å². The fourth-order valence-electron chi connectivity index (χ4n) is 2.44. The van der Waals surface area contributed by atoms with Gasteiger partial charge in [0.1, 0.15) is 4.88 Å². The van der Waals surface area contributed by atoms with E-state index in [2.05, 4.69) is 10.2 Å². The second-order valence-electron chi connectivity index (χ2n) is 5.01. The quantitative estimate of drug-likeness (QED) is 0.781. The molecule has 2 rings (SSSR count). The number of rotatable bonds is 3. The molecule has 1 unspecified atom stereocenters. The first-order chi connectivity index (χ1) is 9.02. The molecule has 0 bridgehead atoms. The molecule has 106 valence electrons. The van der Waals surface area contributed by atoms with Crippen molar-refractivity contribution >= 4 is 27.9 Å². The average molecular weight is 283 g/mol. The van der Waals surface area contributed by atoms with E-state index < -0.39 is 0 Å². The Morgan fingerprint density at radius 2 is 2.21 bits per heavy atom. The Kier molecular flexibility index (Phi) is 4.31. The van der Waals surface area contributed by atoms with Gasteiger partial charge in [0.25, 0.3) is 5.91 Å². The van der Waals surface area contributed by atoms with Crippen LogP contribution in [0.4, 0.5) is 10.7 Å². The predicted octanol–water partition coefficient (Wildman–Crippen LogP) is 1.29. The summed E-state index contributed by atoms with van der Waals surface area (Å²) in [6.07, 6.45) is 1.72. The van der Waals surface area contributed by atoms with Crippen LogP contribution in [0.3, 0.4) is 0 Å². The lowest BCUT2D eigenvalue weighted by Crippen LogP contribution is -2.36. The molecule has 1 amide bonds. The SMILES string of the molecule is CNC(=O)c1sc(N2CCC(C(C)O)CC2)cc1N. The van der Waals surface area contributed by atoms with Gasteiger partial charge in [0, 0.05) is 20.1 Å². The van der Waals surface area contributed by atoms with E-state index in [4.69, 9.17) is 5.73 Å². The lowest BCUT2D eigenvalue weighted by Gasteiger charge is -2.33. The Balaban J connectivity index is 2.06. The summed E-state index contributed by atoms with van der Waals surface area (Å²) < 4.78 is 0. The minimum atomic E-state index is -0.239. The fourth-order valence-corrected chi connectivity index (χ4v) is 3.52. The van der Waals surface area contributed by atoms with Crippen molar-refractivity contribution < 1.29 is 9.90 Å². The Hall–Kier alpha value is -1.27. The van der Waals surface area contributed by atoms with Crippen LogP contribution in [0, 0.1) is 5.92 Å². The summed E-state index contributed by atoms with van der Waals surface area (Å²) in [5, 5.41) is 13.2. The lowest BCUT2D eigenvalue weighted by atomic mass is 9.92. The third-order valence-corrected chi connectivity index (χ3v) is 4.93. The molecular formula is C13H21N3O2S. The van der Waals surface area contributed by atoms with Crippen molar-refractivity contribution in [1.82, 2.24) is 5.32 Å². The number of hydrogen-bond acceptors (Lipinski definition) is 5. The molecular weight excluding hydrogens is 262 g/mol. The number of nitrogens with one attached hydrogen (secondary N) is 1. The van der Waals surface area contributed by atoms with Crippen LogP contribution in [0.1, 0.15) is 29.4 Å². The van der Waals surface area contributed by atoms with Gasteiger partial charge in [0.05, 0.1) is 16.8 Å². The standard InChI is InChI=1S/C13H21N3O2S/c1-8(17)9-3-5-16(6-4-9)11-7-10(14)12(19-11)13(18)15-2/h7-9,17H,3-6,14H2,1-2H3,(H,15,18). The van der Waals surface area contributed by atoms with Gasteiger partial charge in [-0.25, -0.2) is 0 Å². The zero-order chi connectivity index (χ0) is 14.0. The van der Waals surface area contributed by atoms with Gasteiger partial charge in [-0.2, -0.15) is 0 Å². The first kappa shape index (κ1) is 14.1. The summed E-state index contributed by atoms with van der Waals surface area (Å²) in [6, 6.07) is 1.87. The first-order valence-corrected chi connectivity index (χ1v) is 7.39. The summed E-state index contributed by atoms with van der Waals surface area (Å²) >= 11 is 1.43. The van der Waals surface area contributed by atoms with Crippen molar-refractivity contribution in [2.24, 2.45) is 5.92 Å². The Morgan fingerprint density at radius 1 is 1.58 bits per heavy atom. The Bertz CT molecular complexity index is 451. The highest BCUT2D eigenvalue weighted by Gasteiger charge is 2.24. The van der Waals surface area contributed by atoms with E-state index in [-0.39, 0.29) is 12.0 Å². The van der Waals surface area contributed by atoms with Crippen molar-refractivity contribution in [3.8, 4) is 0 Å². The molecule has 0 spiro atoms. The maximum absolute atomic E-state index is 11.6. The largest absolute Gasteiger partial charge is 0.397 e. The summed E-state index contributed by atoms with van der Waals surface area (Å²) in [5.74, 6) is 0.250. The van der Waals surface area contributed by atoms with Gasteiger partial charge in [-0.15, -0.1) is 11.3 Å². The maximum Gasteiger partial charge on any atom is 0.263 e. The van der Waals surface area contributed by atoms with Crippen LogP contribution in [0.25, 0.3) is 0 Å². The number of anilines is 2. The molecule has 0 radical (unpaired) electrons. The number of aliphatic hydroxyl groups excluding tert-OH is 1. The number of carbonyl (C=O) groups excluding carboxylic acids is 1. The highest BCUT2D eigenvalue weighted by molar-refractivity contribution is 7.18. The highest BCUT2D eigenvalue weighted by Crippen LogP contribution is 2.34. The molecule has 1 aromatic rings. The molecule has 6 heteroatoms. The zero-order valence-corrected chi connectivity index (χ0v) is 12.2. The monoisotopic (exact) mass is 283 g/mol. The highest BCUT2D eigenvalue weighted by atomic mass is 32.1. The van der Waals surface area contributed by atoms with Crippen LogP contribution < -0.4 is 16.0 Å². The molecule has 5 nitrogen and oxygen atoms in total. The normalized spacial score (nSPS) is 18.4. The molecule has 0 aromatic carbocycles. The van der Waals surface area contributed by atoms with Crippen molar-refractivity contribution in [1.29, 1.82) is 0 Å². The van der Waals surface area contributed by atoms with Crippen LogP contribution in [-0.2, 0) is 0 Å². The Morgan fingerprint density at radius 3 is 2.74 bits per heavy atom. The number of amides is 1. The second-order valence-corrected chi connectivity index (χ2v) is 6.04. The zero-order valence-electron chi connectivity index (χ0n) is 11.3. The van der Waals surface area contributed by atoms with Crippen LogP contribution in [0.5, 0.6) is 0 Å². The van der Waals surface area contributed by atoms with Crippen molar-refractivity contribution in [2.75, 3.05) is 30.8 Å². The van der Waals surface area contributed by atoms with Gasteiger partial charge in [-0.05, 0) is 31.7 Å². The van der Waals surface area contributed by atoms with E-state index in [0.29, 0.717) is 16.5 Å². The molecule has 1 saturated heterocycles. The van der Waals surface area contributed by atoms with Crippen molar-refractivity contribution in [3.63, 3.8) is 0 Å². The lowest BCUT2D eigenvalue weighted by molar-refractivity contribution is 0.0968. The van der Waals surface area contributed by atoms with E-state index in [1.54, 1.807) is 7.05 Å². The van der Waals surface area contributed by atoms with Crippen molar-refractivity contribution in [3.05, 3.63) is 10.9 Å². The molecule has 19 heavy (non-hydrogen) atoms. The number of piperidine rings is 1. The van der Waals surface area contributed by atoms with Gasteiger partial charge < -0.3 is 21.1 Å². The van der Waals surface area contributed by atoms with Crippen LogP contribution in [0.15, 0.2) is 6.07 Å². The third kappa shape index (κ3) is 3.01. The predicted molar refractivity (Wildman–Crippen MR) is 78.7 cm³/mol. The molecule has 2 heterocycles. The van der Waals surface area contributed by atoms with Gasteiger partial charge >= 0.3 is 0 Å². The summed E-state index contributed by atoms with van der Waals surface area (Å²) in [6.45, 7) is 3.67. The van der Waals surface area contributed by atoms with Gasteiger partial charge in [-0.3, -0.25) is 4.79 Å². The van der Waals surface area contributed by atoms with Gasteiger partial charge in [0.15, 0.2) is 0 Å². The summed E-state index contributed by atoms with van der Waals surface area (Å²) in [4.78, 5) is 14.5. The first-order valence-electron chi connectivity index (χ1n) is 6.57. The molecule has 1 atom stereocenters. The second kappa shape index (κ2) is 5.79. The van der Waals surface area contributed by atoms with E-state index in [0.717, 1.165) is 30.9 Å². The van der Waals surface area contributed by atoms with E-state index in [9.17, 15) is 9.90 Å². The number of nitrogens with two attached hydrogens (primary N) is 1.